The van der Waals surface area contributed by atoms with Crippen LogP contribution in [0, 0.1) is 0 Å². The molecule has 0 heterocycles. The Morgan fingerprint density at radius 2 is 1.50 bits per heavy atom. The van der Waals surface area contributed by atoms with E-state index in [9.17, 15) is 14.4 Å². The molecular weight excluding hydrogens is 310 g/mol. The van der Waals surface area contributed by atoms with E-state index < -0.39 is 23.4 Å². The number of halogens is 1. The zero-order valence-corrected chi connectivity index (χ0v) is 11.8. The molecule has 3 N–H and O–H groups in total. The largest absolute Gasteiger partial charge is 0.478 e. The quantitative estimate of drug-likeness (QED) is 0.803. The molecule has 0 aromatic heterocycles. The fourth-order valence-electron chi connectivity index (χ4n) is 1.83. The van der Waals surface area contributed by atoms with Gasteiger partial charge in [0.25, 0.3) is 5.91 Å². The highest BCUT2D eigenvalue weighted by atomic mass is 35.5. The minimum Gasteiger partial charge on any atom is -0.478 e. The van der Waals surface area contributed by atoms with Gasteiger partial charge in [-0.25, -0.2) is 9.59 Å². The number of carbonyl (C=O) groups is 3. The molecule has 0 radical (unpaired) electrons. The van der Waals surface area contributed by atoms with Crippen LogP contribution in [0.3, 0.4) is 0 Å². The van der Waals surface area contributed by atoms with Crippen LogP contribution in [0.25, 0.3) is 0 Å². The smallest absolute Gasteiger partial charge is 0.336 e. The van der Waals surface area contributed by atoms with E-state index in [0.29, 0.717) is 0 Å². The summed E-state index contributed by atoms with van der Waals surface area (Å²) in [6, 6.07) is 9.88. The summed E-state index contributed by atoms with van der Waals surface area (Å²) < 4.78 is 0. The number of nitrogens with one attached hydrogen (secondary N) is 1. The number of hydrogen-bond donors (Lipinski definition) is 3. The third kappa shape index (κ3) is 3.24. The highest BCUT2D eigenvalue weighted by Gasteiger charge is 2.17. The van der Waals surface area contributed by atoms with E-state index in [1.165, 1.54) is 12.1 Å². The number of carboxylic acids is 2. The van der Waals surface area contributed by atoms with Crippen LogP contribution < -0.4 is 5.32 Å². The molecule has 0 bridgehead atoms. The zero-order valence-electron chi connectivity index (χ0n) is 11.0. The van der Waals surface area contributed by atoms with Crippen LogP contribution in [0.5, 0.6) is 0 Å². The summed E-state index contributed by atoms with van der Waals surface area (Å²) in [4.78, 5) is 34.1. The van der Waals surface area contributed by atoms with Crippen molar-refractivity contribution in [3.8, 4) is 0 Å². The van der Waals surface area contributed by atoms with Crippen molar-refractivity contribution in [3.63, 3.8) is 0 Å². The number of amides is 1. The molecule has 0 saturated carbocycles. The molecular formula is C15H10ClNO5. The van der Waals surface area contributed by atoms with Crippen molar-refractivity contribution in [1.82, 2.24) is 0 Å². The Balaban J connectivity index is 2.33. The number of benzene rings is 2. The molecule has 2 aromatic carbocycles. The summed E-state index contributed by atoms with van der Waals surface area (Å²) in [6.07, 6.45) is 0. The fourth-order valence-corrected chi connectivity index (χ4v) is 2.05. The molecule has 112 valence electrons. The third-order valence-electron chi connectivity index (χ3n) is 2.86. The minimum atomic E-state index is -1.40. The molecule has 0 saturated heterocycles. The van der Waals surface area contributed by atoms with Gasteiger partial charge in [0, 0.05) is 5.69 Å². The van der Waals surface area contributed by atoms with Gasteiger partial charge in [0.1, 0.15) is 0 Å². The van der Waals surface area contributed by atoms with Crippen molar-refractivity contribution in [2.75, 3.05) is 5.32 Å². The summed E-state index contributed by atoms with van der Waals surface area (Å²) >= 11 is 5.90. The van der Waals surface area contributed by atoms with Gasteiger partial charge in [-0.2, -0.15) is 0 Å². The first-order chi connectivity index (χ1) is 10.4. The molecule has 0 aliphatic carbocycles. The Kier molecular flexibility index (Phi) is 4.43. The fraction of sp³-hybridized carbons (Fsp3) is 0. The molecule has 0 aliphatic heterocycles. The maximum Gasteiger partial charge on any atom is 0.336 e. The second-order valence-electron chi connectivity index (χ2n) is 4.30. The Morgan fingerprint density at radius 3 is 2.09 bits per heavy atom. The van der Waals surface area contributed by atoms with Gasteiger partial charge in [0.15, 0.2) is 0 Å². The van der Waals surface area contributed by atoms with Crippen molar-refractivity contribution in [2.45, 2.75) is 0 Å². The van der Waals surface area contributed by atoms with Crippen molar-refractivity contribution >= 4 is 35.1 Å². The van der Waals surface area contributed by atoms with Gasteiger partial charge >= 0.3 is 11.9 Å². The molecule has 0 fully saturated rings. The summed E-state index contributed by atoms with van der Waals surface area (Å²) in [5.74, 6) is -3.28. The SMILES string of the molecule is O=C(Nc1ccc(C(=O)O)c(C(=O)O)c1)c1ccccc1Cl. The average Bonchev–Trinajstić information content (AvgIpc) is 2.47. The molecule has 0 atom stereocenters. The van der Waals surface area contributed by atoms with E-state index in [-0.39, 0.29) is 21.8 Å². The van der Waals surface area contributed by atoms with Gasteiger partial charge in [0.05, 0.1) is 21.7 Å². The highest BCUT2D eigenvalue weighted by Crippen LogP contribution is 2.20. The van der Waals surface area contributed by atoms with Crippen molar-refractivity contribution in [3.05, 3.63) is 64.2 Å². The molecule has 1 amide bonds. The number of aromatic carboxylic acids is 2. The summed E-state index contributed by atoms with van der Waals surface area (Å²) in [5, 5.41) is 20.7. The summed E-state index contributed by atoms with van der Waals surface area (Å²) in [5.41, 5.74) is -0.386. The molecule has 7 heteroatoms. The van der Waals surface area contributed by atoms with Crippen LogP contribution >= 0.6 is 11.6 Å². The molecule has 22 heavy (non-hydrogen) atoms. The van der Waals surface area contributed by atoms with Crippen LogP contribution in [0.4, 0.5) is 5.69 Å². The first-order valence-electron chi connectivity index (χ1n) is 6.06. The van der Waals surface area contributed by atoms with E-state index in [2.05, 4.69) is 5.32 Å². The van der Waals surface area contributed by atoms with E-state index in [0.717, 1.165) is 12.1 Å². The van der Waals surface area contributed by atoms with Crippen LogP contribution in [0.15, 0.2) is 42.5 Å². The van der Waals surface area contributed by atoms with E-state index in [1.54, 1.807) is 18.2 Å². The van der Waals surface area contributed by atoms with Crippen molar-refractivity contribution < 1.29 is 24.6 Å². The Morgan fingerprint density at radius 1 is 0.864 bits per heavy atom. The van der Waals surface area contributed by atoms with Gasteiger partial charge in [-0.3, -0.25) is 4.79 Å². The van der Waals surface area contributed by atoms with Crippen molar-refractivity contribution in [1.29, 1.82) is 0 Å². The van der Waals surface area contributed by atoms with Gasteiger partial charge in [0.2, 0.25) is 0 Å². The second kappa shape index (κ2) is 6.28. The number of anilines is 1. The summed E-state index contributed by atoms with van der Waals surface area (Å²) in [6.45, 7) is 0. The van der Waals surface area contributed by atoms with E-state index >= 15 is 0 Å². The van der Waals surface area contributed by atoms with Gasteiger partial charge < -0.3 is 15.5 Å². The second-order valence-corrected chi connectivity index (χ2v) is 4.71. The lowest BCUT2D eigenvalue weighted by molar-refractivity contribution is 0.0651. The summed E-state index contributed by atoms with van der Waals surface area (Å²) in [7, 11) is 0. The van der Waals surface area contributed by atoms with Crippen molar-refractivity contribution in [2.24, 2.45) is 0 Å². The predicted octanol–water partition coefficient (Wildman–Crippen LogP) is 2.99. The van der Waals surface area contributed by atoms with Crippen LogP contribution in [-0.2, 0) is 0 Å². The molecule has 0 aliphatic rings. The topological polar surface area (TPSA) is 104 Å². The van der Waals surface area contributed by atoms with Gasteiger partial charge in [-0.1, -0.05) is 23.7 Å². The molecule has 2 rings (SSSR count). The number of rotatable bonds is 4. The maximum absolute atomic E-state index is 12.1. The lowest BCUT2D eigenvalue weighted by Gasteiger charge is -2.09. The van der Waals surface area contributed by atoms with Crippen LogP contribution in [-0.4, -0.2) is 28.1 Å². The zero-order chi connectivity index (χ0) is 16.3. The van der Waals surface area contributed by atoms with Gasteiger partial charge in [-0.05, 0) is 30.3 Å². The minimum absolute atomic E-state index is 0.160. The van der Waals surface area contributed by atoms with E-state index in [1.807, 2.05) is 0 Å². The number of carbonyl (C=O) groups excluding carboxylic acids is 1. The normalized spacial score (nSPS) is 10.0. The monoisotopic (exact) mass is 319 g/mol. The van der Waals surface area contributed by atoms with Crippen LogP contribution in [0.1, 0.15) is 31.1 Å². The Bertz CT molecular complexity index is 772. The first kappa shape index (κ1) is 15.5. The average molecular weight is 320 g/mol. The molecule has 0 unspecified atom stereocenters. The lowest BCUT2D eigenvalue weighted by Crippen LogP contribution is -2.14. The Labute approximate surface area is 130 Å². The van der Waals surface area contributed by atoms with E-state index in [4.69, 9.17) is 21.8 Å². The highest BCUT2D eigenvalue weighted by molar-refractivity contribution is 6.34. The molecule has 6 nitrogen and oxygen atoms in total. The van der Waals surface area contributed by atoms with Crippen LogP contribution in [0.2, 0.25) is 5.02 Å². The molecule has 0 spiro atoms. The maximum atomic E-state index is 12.1. The predicted molar refractivity (Wildman–Crippen MR) is 79.8 cm³/mol. The number of hydrogen-bond acceptors (Lipinski definition) is 3. The van der Waals surface area contributed by atoms with Gasteiger partial charge in [-0.15, -0.1) is 0 Å². The Hall–Kier alpha value is -2.86. The number of carboxylic acid groups (broad SMARTS) is 2. The first-order valence-corrected chi connectivity index (χ1v) is 6.44. The third-order valence-corrected chi connectivity index (χ3v) is 3.19. The lowest BCUT2D eigenvalue weighted by atomic mass is 10.1. The molecule has 2 aromatic rings. The standard InChI is InChI=1S/C15H10ClNO5/c16-12-4-2-1-3-10(12)13(18)17-8-5-6-9(14(19)20)11(7-8)15(21)22/h1-7H,(H,17,18)(H,19,20)(H,21,22).